The summed E-state index contributed by atoms with van der Waals surface area (Å²) in [7, 11) is 0. The predicted octanol–water partition coefficient (Wildman–Crippen LogP) is 4.41. The molecular weight excluding hydrogens is 358 g/mol. The van der Waals surface area contributed by atoms with Crippen LogP contribution in [0.4, 0.5) is 0 Å². The Morgan fingerprint density at radius 2 is 2.11 bits per heavy atom. The van der Waals surface area contributed by atoms with Crippen molar-refractivity contribution in [2.24, 2.45) is 0 Å². The topological polar surface area (TPSA) is 46.8 Å². The third-order valence-corrected chi connectivity index (χ3v) is 6.09. The first kappa shape index (κ1) is 18.0. The zero-order valence-electron chi connectivity index (χ0n) is 15.9. The van der Waals surface area contributed by atoms with E-state index in [4.69, 9.17) is 9.72 Å². The van der Waals surface area contributed by atoms with E-state index in [-0.39, 0.29) is 5.91 Å². The fourth-order valence-corrected chi connectivity index (χ4v) is 4.58. The van der Waals surface area contributed by atoms with E-state index in [0.717, 1.165) is 47.0 Å². The minimum Gasteiger partial charge on any atom is -0.494 e. The van der Waals surface area contributed by atoms with E-state index in [1.54, 1.807) is 11.3 Å². The predicted molar refractivity (Wildman–Crippen MR) is 108 cm³/mol. The molecule has 0 bridgehead atoms. The van der Waals surface area contributed by atoms with Crippen LogP contribution >= 0.6 is 11.3 Å². The summed E-state index contributed by atoms with van der Waals surface area (Å²) in [5.74, 6) is 1.09. The molecule has 27 heavy (non-hydrogen) atoms. The number of benzene rings is 1. The molecule has 3 heterocycles. The lowest BCUT2D eigenvalue weighted by Gasteiger charge is -2.33. The number of fused-ring (bicyclic) bond motifs is 1. The molecule has 0 saturated carbocycles. The van der Waals surface area contributed by atoms with Gasteiger partial charge in [-0.15, -0.1) is 11.3 Å². The summed E-state index contributed by atoms with van der Waals surface area (Å²) >= 11 is 1.59. The van der Waals surface area contributed by atoms with Crippen molar-refractivity contribution in [1.29, 1.82) is 0 Å². The molecule has 4 rings (SSSR count). The molecule has 1 aromatic carbocycles. The van der Waals surface area contributed by atoms with E-state index >= 15 is 0 Å². The van der Waals surface area contributed by atoms with Crippen LogP contribution < -0.4 is 4.74 Å². The van der Waals surface area contributed by atoms with Crippen LogP contribution in [-0.2, 0) is 11.2 Å². The van der Waals surface area contributed by atoms with E-state index < -0.39 is 0 Å². The van der Waals surface area contributed by atoms with Crippen LogP contribution in [0.5, 0.6) is 5.75 Å². The van der Waals surface area contributed by atoms with Crippen molar-refractivity contribution in [3.8, 4) is 17.0 Å². The lowest BCUT2D eigenvalue weighted by atomic mass is 10.0. The van der Waals surface area contributed by atoms with Crippen molar-refractivity contribution in [1.82, 2.24) is 14.3 Å². The number of likely N-dealkylation sites (tertiary alicyclic amines) is 1. The SMILES string of the molecule is CCOc1ccc(-c2cn3c(CC(=O)N4CCCCC4C)csc3n2)cc1. The second kappa shape index (κ2) is 7.72. The van der Waals surface area contributed by atoms with Crippen molar-refractivity contribution in [3.05, 3.63) is 41.5 Å². The van der Waals surface area contributed by atoms with Gasteiger partial charge in [0, 0.05) is 35.4 Å². The largest absolute Gasteiger partial charge is 0.494 e. The molecule has 1 unspecified atom stereocenters. The first-order valence-corrected chi connectivity index (χ1v) is 10.5. The Morgan fingerprint density at radius 1 is 1.30 bits per heavy atom. The minimum atomic E-state index is 0.221. The number of hydrogen-bond acceptors (Lipinski definition) is 4. The third kappa shape index (κ3) is 3.72. The van der Waals surface area contributed by atoms with Crippen LogP contribution in [0.1, 0.15) is 38.8 Å². The maximum absolute atomic E-state index is 12.8. The number of piperidine rings is 1. The van der Waals surface area contributed by atoms with Gasteiger partial charge in [0.1, 0.15) is 5.75 Å². The Bertz CT molecular complexity index is 929. The number of imidazole rings is 1. The summed E-state index contributed by atoms with van der Waals surface area (Å²) in [6, 6.07) is 8.33. The molecule has 1 saturated heterocycles. The molecule has 1 fully saturated rings. The van der Waals surface area contributed by atoms with Crippen molar-refractivity contribution in [2.75, 3.05) is 13.2 Å². The Balaban J connectivity index is 1.54. The number of aromatic nitrogens is 2. The molecular formula is C21H25N3O2S. The lowest BCUT2D eigenvalue weighted by Crippen LogP contribution is -2.42. The molecule has 0 aliphatic carbocycles. The van der Waals surface area contributed by atoms with E-state index in [9.17, 15) is 4.79 Å². The van der Waals surface area contributed by atoms with Crippen molar-refractivity contribution < 1.29 is 9.53 Å². The second-order valence-corrected chi connectivity index (χ2v) is 7.91. The van der Waals surface area contributed by atoms with Gasteiger partial charge >= 0.3 is 0 Å². The molecule has 0 N–H and O–H groups in total. The van der Waals surface area contributed by atoms with Gasteiger partial charge in [-0.25, -0.2) is 4.98 Å². The quantitative estimate of drug-likeness (QED) is 0.656. The van der Waals surface area contributed by atoms with Gasteiger partial charge in [0.05, 0.1) is 18.7 Å². The molecule has 1 aliphatic heterocycles. The van der Waals surface area contributed by atoms with Gasteiger partial charge in [-0.3, -0.25) is 9.20 Å². The zero-order chi connectivity index (χ0) is 18.8. The van der Waals surface area contributed by atoms with Crippen LogP contribution in [-0.4, -0.2) is 39.4 Å². The summed E-state index contributed by atoms with van der Waals surface area (Å²) < 4.78 is 7.56. The van der Waals surface area contributed by atoms with Gasteiger partial charge in [0.25, 0.3) is 0 Å². The van der Waals surface area contributed by atoms with Gasteiger partial charge in [-0.1, -0.05) is 0 Å². The molecule has 5 nitrogen and oxygen atoms in total. The summed E-state index contributed by atoms with van der Waals surface area (Å²) in [5.41, 5.74) is 2.99. The number of thiazole rings is 1. The Hall–Kier alpha value is -2.34. The fraction of sp³-hybridized carbons (Fsp3) is 0.429. The number of amides is 1. The van der Waals surface area contributed by atoms with Gasteiger partial charge in [0.2, 0.25) is 5.91 Å². The zero-order valence-corrected chi connectivity index (χ0v) is 16.7. The fourth-order valence-electron chi connectivity index (χ4n) is 3.71. The summed E-state index contributed by atoms with van der Waals surface area (Å²) in [6.07, 6.45) is 5.91. The monoisotopic (exact) mass is 383 g/mol. The average Bonchev–Trinajstić information content (AvgIpc) is 3.25. The first-order chi connectivity index (χ1) is 13.2. The van der Waals surface area contributed by atoms with Gasteiger partial charge < -0.3 is 9.64 Å². The minimum absolute atomic E-state index is 0.221. The molecule has 6 heteroatoms. The molecule has 1 amide bonds. The summed E-state index contributed by atoms with van der Waals surface area (Å²) in [6.45, 7) is 5.67. The molecule has 3 aromatic rings. The number of nitrogens with zero attached hydrogens (tertiary/aromatic N) is 3. The number of hydrogen-bond donors (Lipinski definition) is 0. The lowest BCUT2D eigenvalue weighted by molar-refractivity contribution is -0.133. The highest BCUT2D eigenvalue weighted by molar-refractivity contribution is 7.15. The van der Waals surface area contributed by atoms with Gasteiger partial charge in [-0.05, 0) is 57.4 Å². The number of ether oxygens (including phenoxy) is 1. The number of carbonyl (C=O) groups excluding carboxylic acids is 1. The van der Waals surface area contributed by atoms with Crippen LogP contribution in [0.15, 0.2) is 35.8 Å². The van der Waals surface area contributed by atoms with Crippen molar-refractivity contribution >= 4 is 22.2 Å². The molecule has 1 atom stereocenters. The molecule has 2 aromatic heterocycles. The number of rotatable bonds is 5. The van der Waals surface area contributed by atoms with Crippen LogP contribution in [0.3, 0.4) is 0 Å². The Kier molecular flexibility index (Phi) is 5.16. The van der Waals surface area contributed by atoms with Crippen molar-refractivity contribution in [3.63, 3.8) is 0 Å². The number of carbonyl (C=O) groups is 1. The first-order valence-electron chi connectivity index (χ1n) is 9.64. The summed E-state index contributed by atoms with van der Waals surface area (Å²) in [4.78, 5) is 20.5. The highest BCUT2D eigenvalue weighted by atomic mass is 32.1. The highest BCUT2D eigenvalue weighted by Crippen LogP contribution is 2.26. The molecule has 142 valence electrons. The van der Waals surface area contributed by atoms with Crippen LogP contribution in [0.25, 0.3) is 16.2 Å². The second-order valence-electron chi connectivity index (χ2n) is 7.07. The van der Waals surface area contributed by atoms with Crippen molar-refractivity contribution in [2.45, 2.75) is 45.6 Å². The van der Waals surface area contributed by atoms with E-state index in [2.05, 4.69) is 16.7 Å². The molecule has 0 spiro atoms. The van der Waals surface area contributed by atoms with Gasteiger partial charge in [0.15, 0.2) is 4.96 Å². The normalized spacial score (nSPS) is 17.4. The smallest absolute Gasteiger partial charge is 0.228 e. The van der Waals surface area contributed by atoms with E-state index in [1.165, 1.54) is 6.42 Å². The van der Waals surface area contributed by atoms with Crippen LogP contribution in [0, 0.1) is 0 Å². The molecule has 0 radical (unpaired) electrons. The highest BCUT2D eigenvalue weighted by Gasteiger charge is 2.24. The van der Waals surface area contributed by atoms with Crippen LogP contribution in [0.2, 0.25) is 0 Å². The van der Waals surface area contributed by atoms with Gasteiger partial charge in [-0.2, -0.15) is 0 Å². The molecule has 1 aliphatic rings. The Morgan fingerprint density at radius 3 is 2.85 bits per heavy atom. The maximum Gasteiger partial charge on any atom is 0.228 e. The Labute approximate surface area is 163 Å². The maximum atomic E-state index is 12.8. The standard InChI is InChI=1S/C21H25N3O2S/c1-3-26-18-9-7-16(8-10-18)19-13-24-17(14-27-21(24)22-19)12-20(25)23-11-5-4-6-15(23)2/h7-10,13-15H,3-6,11-12H2,1-2H3. The average molecular weight is 384 g/mol. The van der Waals surface area contributed by atoms with E-state index in [0.29, 0.717) is 19.1 Å². The van der Waals surface area contributed by atoms with E-state index in [1.807, 2.05) is 42.3 Å². The third-order valence-electron chi connectivity index (χ3n) is 5.20. The summed E-state index contributed by atoms with van der Waals surface area (Å²) in [5, 5.41) is 2.05.